The number of ether oxygens (including phenoxy) is 2. The quantitative estimate of drug-likeness (QED) is 0.478. The van der Waals surface area contributed by atoms with Crippen LogP contribution in [0.3, 0.4) is 0 Å². The molecule has 0 aliphatic rings. The molecule has 0 unspecified atom stereocenters. The molecular weight excluding hydrogens is 398 g/mol. The third kappa shape index (κ3) is 5.07. The van der Waals surface area contributed by atoms with Crippen LogP contribution in [0.1, 0.15) is 47.1 Å². The molecule has 3 aromatic rings. The minimum Gasteiger partial charge on any atom is -0.491 e. The van der Waals surface area contributed by atoms with Gasteiger partial charge in [-0.3, -0.25) is 4.79 Å². The Morgan fingerprint density at radius 1 is 1.03 bits per heavy atom. The van der Waals surface area contributed by atoms with E-state index < -0.39 is 5.97 Å². The highest BCUT2D eigenvalue weighted by Crippen LogP contribution is 2.36. The monoisotopic (exact) mass is 423 g/mol. The van der Waals surface area contributed by atoms with E-state index in [0.717, 1.165) is 16.7 Å². The lowest BCUT2D eigenvalue weighted by Gasteiger charge is -2.11. The highest BCUT2D eigenvalue weighted by Gasteiger charge is 2.23. The van der Waals surface area contributed by atoms with E-state index in [1.807, 2.05) is 50.4 Å². The van der Waals surface area contributed by atoms with Crippen LogP contribution >= 0.6 is 11.3 Å². The minimum absolute atomic E-state index is 0.0585. The summed E-state index contributed by atoms with van der Waals surface area (Å²) in [6.45, 7) is 7.91. The Balaban J connectivity index is 1.88. The molecule has 0 radical (unpaired) electrons. The second-order valence-corrected chi connectivity index (χ2v) is 7.96. The molecule has 1 N–H and O–H groups in total. The number of rotatable bonds is 7. The number of hydrogen-bond donors (Lipinski definition) is 1. The van der Waals surface area contributed by atoms with Gasteiger partial charge in [-0.1, -0.05) is 29.8 Å². The summed E-state index contributed by atoms with van der Waals surface area (Å²) in [5, 5.41) is 5.20. The molecule has 6 heteroatoms. The Kier molecular flexibility index (Phi) is 6.90. The lowest BCUT2D eigenvalue weighted by Crippen LogP contribution is -2.15. The zero-order chi connectivity index (χ0) is 21.7. The number of benzene rings is 2. The van der Waals surface area contributed by atoms with E-state index in [1.165, 1.54) is 11.3 Å². The van der Waals surface area contributed by atoms with Crippen LogP contribution in [-0.4, -0.2) is 24.6 Å². The molecule has 0 spiro atoms. The van der Waals surface area contributed by atoms with Crippen molar-refractivity contribution < 1.29 is 19.1 Å². The maximum atomic E-state index is 12.8. The summed E-state index contributed by atoms with van der Waals surface area (Å²) in [4.78, 5) is 25.4. The summed E-state index contributed by atoms with van der Waals surface area (Å²) in [7, 11) is 0. The molecule has 0 aliphatic heterocycles. The van der Waals surface area contributed by atoms with Crippen molar-refractivity contribution in [2.45, 2.75) is 33.8 Å². The number of esters is 1. The first kappa shape index (κ1) is 21.6. The van der Waals surface area contributed by atoms with E-state index in [2.05, 4.69) is 5.32 Å². The lowest BCUT2D eigenvalue weighted by atomic mass is 10.0. The average molecular weight is 424 g/mol. The zero-order valence-corrected chi connectivity index (χ0v) is 18.3. The average Bonchev–Trinajstić information content (AvgIpc) is 3.12. The zero-order valence-electron chi connectivity index (χ0n) is 17.5. The van der Waals surface area contributed by atoms with Gasteiger partial charge in [-0.15, -0.1) is 11.3 Å². The Hall–Kier alpha value is -3.12. The van der Waals surface area contributed by atoms with Crippen LogP contribution < -0.4 is 10.1 Å². The van der Waals surface area contributed by atoms with Gasteiger partial charge >= 0.3 is 5.97 Å². The number of anilines is 1. The van der Waals surface area contributed by atoms with Gasteiger partial charge < -0.3 is 14.8 Å². The molecule has 1 amide bonds. The van der Waals surface area contributed by atoms with Gasteiger partial charge in [0, 0.05) is 16.5 Å². The molecule has 0 bridgehead atoms. The third-order valence-electron chi connectivity index (χ3n) is 4.35. The molecule has 0 fully saturated rings. The van der Waals surface area contributed by atoms with Crippen molar-refractivity contribution in [3.63, 3.8) is 0 Å². The summed E-state index contributed by atoms with van der Waals surface area (Å²) < 4.78 is 10.9. The van der Waals surface area contributed by atoms with Crippen LogP contribution in [0, 0.1) is 6.92 Å². The van der Waals surface area contributed by atoms with Gasteiger partial charge in [0.25, 0.3) is 5.91 Å². The number of aryl methyl sites for hydroxylation is 1. The van der Waals surface area contributed by atoms with Crippen molar-refractivity contribution in [3.8, 4) is 16.9 Å². The SMILES string of the molecule is CCOC(=O)c1c(-c2ccc(C)cc2)csc1NC(=O)c1ccc(OC(C)C)cc1. The fourth-order valence-corrected chi connectivity index (χ4v) is 3.89. The summed E-state index contributed by atoms with van der Waals surface area (Å²) in [5.41, 5.74) is 3.63. The molecule has 156 valence electrons. The van der Waals surface area contributed by atoms with Crippen molar-refractivity contribution >= 4 is 28.2 Å². The van der Waals surface area contributed by atoms with Crippen LogP contribution in [0.2, 0.25) is 0 Å². The molecule has 2 aromatic carbocycles. The highest BCUT2D eigenvalue weighted by atomic mass is 32.1. The van der Waals surface area contributed by atoms with E-state index in [1.54, 1.807) is 31.2 Å². The van der Waals surface area contributed by atoms with Gasteiger partial charge in [0.2, 0.25) is 0 Å². The van der Waals surface area contributed by atoms with Crippen molar-refractivity contribution in [3.05, 3.63) is 70.6 Å². The first-order chi connectivity index (χ1) is 14.4. The van der Waals surface area contributed by atoms with Crippen molar-refractivity contribution in [2.75, 3.05) is 11.9 Å². The smallest absolute Gasteiger partial charge is 0.341 e. The van der Waals surface area contributed by atoms with Gasteiger partial charge in [-0.05, 0) is 57.5 Å². The Morgan fingerprint density at radius 2 is 1.70 bits per heavy atom. The minimum atomic E-state index is -0.453. The second-order valence-electron chi connectivity index (χ2n) is 7.09. The number of hydrogen-bond acceptors (Lipinski definition) is 5. The predicted octanol–water partition coefficient (Wildman–Crippen LogP) is 5.94. The number of amides is 1. The molecule has 1 heterocycles. The largest absolute Gasteiger partial charge is 0.491 e. The Bertz CT molecular complexity index is 1020. The van der Waals surface area contributed by atoms with Crippen molar-refractivity contribution in [1.82, 2.24) is 0 Å². The van der Waals surface area contributed by atoms with E-state index in [-0.39, 0.29) is 18.6 Å². The van der Waals surface area contributed by atoms with Crippen LogP contribution in [0.4, 0.5) is 5.00 Å². The van der Waals surface area contributed by atoms with Gasteiger partial charge in [-0.2, -0.15) is 0 Å². The summed E-state index contributed by atoms with van der Waals surface area (Å²) in [6.07, 6.45) is 0.0585. The third-order valence-corrected chi connectivity index (χ3v) is 5.24. The molecular formula is C24H25NO4S. The van der Waals surface area contributed by atoms with E-state index in [9.17, 15) is 9.59 Å². The summed E-state index contributed by atoms with van der Waals surface area (Å²) in [5.74, 6) is -0.0502. The second kappa shape index (κ2) is 9.59. The standard InChI is InChI=1S/C24H25NO4S/c1-5-28-24(27)21-20(17-8-6-16(4)7-9-17)14-30-23(21)25-22(26)18-10-12-19(13-11-18)29-15(2)3/h6-15H,5H2,1-4H3,(H,25,26). The molecule has 1 aromatic heterocycles. The highest BCUT2D eigenvalue weighted by molar-refractivity contribution is 7.15. The first-order valence-electron chi connectivity index (χ1n) is 9.82. The lowest BCUT2D eigenvalue weighted by molar-refractivity contribution is 0.0529. The molecule has 0 aliphatic carbocycles. The summed E-state index contributed by atoms with van der Waals surface area (Å²) >= 11 is 1.31. The van der Waals surface area contributed by atoms with E-state index in [0.29, 0.717) is 21.9 Å². The number of nitrogens with one attached hydrogen (secondary N) is 1. The van der Waals surface area contributed by atoms with Gasteiger partial charge in [0.15, 0.2) is 0 Å². The molecule has 0 saturated carbocycles. The topological polar surface area (TPSA) is 64.6 Å². The fourth-order valence-electron chi connectivity index (χ4n) is 2.93. The van der Waals surface area contributed by atoms with E-state index >= 15 is 0 Å². The Morgan fingerprint density at radius 3 is 2.30 bits per heavy atom. The van der Waals surface area contributed by atoms with Crippen LogP contribution in [0.5, 0.6) is 5.75 Å². The van der Waals surface area contributed by atoms with Crippen LogP contribution in [0.25, 0.3) is 11.1 Å². The molecule has 0 atom stereocenters. The molecule has 3 rings (SSSR count). The van der Waals surface area contributed by atoms with Gasteiger partial charge in [0.05, 0.1) is 12.7 Å². The van der Waals surface area contributed by atoms with Crippen LogP contribution in [0.15, 0.2) is 53.9 Å². The summed E-state index contributed by atoms with van der Waals surface area (Å²) in [6, 6.07) is 14.8. The molecule has 5 nitrogen and oxygen atoms in total. The fraction of sp³-hybridized carbons (Fsp3) is 0.250. The van der Waals surface area contributed by atoms with E-state index in [4.69, 9.17) is 9.47 Å². The maximum absolute atomic E-state index is 12.8. The van der Waals surface area contributed by atoms with Crippen molar-refractivity contribution in [1.29, 1.82) is 0 Å². The van der Waals surface area contributed by atoms with Crippen molar-refractivity contribution in [2.24, 2.45) is 0 Å². The normalized spacial score (nSPS) is 10.7. The number of thiophene rings is 1. The number of carbonyl (C=O) groups excluding carboxylic acids is 2. The first-order valence-corrected chi connectivity index (χ1v) is 10.7. The van der Waals surface area contributed by atoms with Gasteiger partial charge in [-0.25, -0.2) is 4.79 Å². The van der Waals surface area contributed by atoms with Gasteiger partial charge in [0.1, 0.15) is 16.3 Å². The Labute approximate surface area is 180 Å². The predicted molar refractivity (Wildman–Crippen MR) is 121 cm³/mol. The van der Waals surface area contributed by atoms with Crippen LogP contribution in [-0.2, 0) is 4.74 Å². The molecule has 0 saturated heterocycles. The maximum Gasteiger partial charge on any atom is 0.341 e. The number of carbonyl (C=O) groups is 2. The molecule has 30 heavy (non-hydrogen) atoms.